The molecule has 0 aliphatic rings. The maximum Gasteiger partial charge on any atom is 0.335 e. The largest absolute Gasteiger partial charge is 0.335 e. The van der Waals surface area contributed by atoms with Crippen molar-refractivity contribution in [3.8, 4) is 0 Å². The molecule has 0 amide bonds. The lowest BCUT2D eigenvalue weighted by Crippen LogP contribution is -1.90. The van der Waals surface area contributed by atoms with E-state index >= 15 is 0 Å². The molecule has 2 atom stereocenters. The molecule has 0 spiro atoms. The van der Waals surface area contributed by atoms with Crippen LogP contribution in [-0.4, -0.2) is 15.9 Å². The van der Waals surface area contributed by atoms with Crippen LogP contribution in [0.3, 0.4) is 0 Å². The summed E-state index contributed by atoms with van der Waals surface area (Å²) in [5, 5.41) is 0. The molecular weight excluding hydrogens is 262 g/mol. The Hall–Kier alpha value is 0.340. The van der Waals surface area contributed by atoms with Crippen LogP contribution in [0.2, 0.25) is 0 Å². The van der Waals surface area contributed by atoms with Gasteiger partial charge in [0.2, 0.25) is 0 Å². The Balaban J connectivity index is 3.38. The van der Waals surface area contributed by atoms with Crippen LogP contribution in [0.5, 0.6) is 0 Å². The average molecular weight is 286 g/mol. The Bertz CT molecular complexity index is 257. The topological polar surface area (TPSA) is 83.8 Å². The predicted molar refractivity (Wildman–Crippen MR) is 69.6 cm³/mol. The van der Waals surface area contributed by atoms with Gasteiger partial charge in [-0.1, -0.05) is 51.9 Å². The standard InChI is InChI=1S/C10H24O5P2/c1-2-3-4-5-6-7-8-9-10-17(13,14)15-16(11)12/h16H,2-10H2,1H3,(H,11,12)(H,13,14). The van der Waals surface area contributed by atoms with E-state index in [1.54, 1.807) is 0 Å². The first-order chi connectivity index (χ1) is 7.98. The van der Waals surface area contributed by atoms with Gasteiger partial charge in [-0.25, -0.2) is 4.31 Å². The van der Waals surface area contributed by atoms with Gasteiger partial charge in [-0.15, -0.1) is 0 Å². The lowest BCUT2D eigenvalue weighted by Gasteiger charge is -2.08. The van der Waals surface area contributed by atoms with E-state index < -0.39 is 15.9 Å². The van der Waals surface area contributed by atoms with Crippen molar-refractivity contribution < 1.29 is 23.2 Å². The third-order valence-corrected chi connectivity index (χ3v) is 5.16. The molecule has 2 N–H and O–H groups in total. The highest BCUT2D eigenvalue weighted by atomic mass is 31.2. The van der Waals surface area contributed by atoms with Crippen molar-refractivity contribution in [3.05, 3.63) is 0 Å². The second-order valence-electron chi connectivity index (χ2n) is 4.19. The normalized spacial score (nSPS) is 16.6. The van der Waals surface area contributed by atoms with Gasteiger partial charge in [0.25, 0.3) is 0 Å². The Morgan fingerprint density at radius 2 is 1.53 bits per heavy atom. The first-order valence-electron chi connectivity index (χ1n) is 6.22. The monoisotopic (exact) mass is 286 g/mol. The first kappa shape index (κ1) is 17.3. The lowest BCUT2D eigenvalue weighted by atomic mass is 10.1. The second kappa shape index (κ2) is 10.3. The van der Waals surface area contributed by atoms with Crippen molar-refractivity contribution in [1.29, 1.82) is 0 Å². The summed E-state index contributed by atoms with van der Waals surface area (Å²) in [5.41, 5.74) is 0. The highest BCUT2D eigenvalue weighted by Gasteiger charge is 2.20. The summed E-state index contributed by atoms with van der Waals surface area (Å²) in [7, 11) is -7.14. The number of unbranched alkanes of at least 4 members (excludes halogenated alkanes) is 7. The molecule has 0 aromatic rings. The Morgan fingerprint density at radius 3 is 2.00 bits per heavy atom. The number of hydrogen-bond donors (Lipinski definition) is 2. The zero-order chi connectivity index (χ0) is 13.1. The molecular formula is C10H24O5P2. The van der Waals surface area contributed by atoms with E-state index in [1.165, 1.54) is 25.7 Å². The molecule has 0 bridgehead atoms. The van der Waals surface area contributed by atoms with E-state index in [4.69, 9.17) is 9.79 Å². The molecule has 7 heteroatoms. The number of hydrogen-bond acceptors (Lipinski definition) is 3. The van der Waals surface area contributed by atoms with Crippen LogP contribution in [0.1, 0.15) is 58.3 Å². The molecule has 0 rings (SSSR count). The summed E-state index contributed by atoms with van der Waals surface area (Å²) in [6.45, 7) is 2.17. The smallest absolute Gasteiger partial charge is 0.326 e. The molecule has 17 heavy (non-hydrogen) atoms. The minimum Gasteiger partial charge on any atom is -0.326 e. The molecule has 5 nitrogen and oxygen atoms in total. The van der Waals surface area contributed by atoms with Crippen molar-refractivity contribution in [3.63, 3.8) is 0 Å². The van der Waals surface area contributed by atoms with Crippen molar-refractivity contribution in [2.75, 3.05) is 6.16 Å². The molecule has 0 aromatic heterocycles. The van der Waals surface area contributed by atoms with Crippen LogP contribution in [0, 0.1) is 0 Å². The molecule has 0 heterocycles. The van der Waals surface area contributed by atoms with Gasteiger partial charge in [-0.3, -0.25) is 9.13 Å². The molecule has 0 aliphatic heterocycles. The van der Waals surface area contributed by atoms with Gasteiger partial charge in [-0.05, 0) is 6.42 Å². The molecule has 0 saturated heterocycles. The fourth-order valence-corrected chi connectivity index (χ4v) is 3.58. The fourth-order valence-electron chi connectivity index (χ4n) is 1.61. The van der Waals surface area contributed by atoms with Gasteiger partial charge in [-0.2, -0.15) is 0 Å². The van der Waals surface area contributed by atoms with Crippen LogP contribution in [0.15, 0.2) is 0 Å². The minimum absolute atomic E-state index is 0.0288. The van der Waals surface area contributed by atoms with Crippen molar-refractivity contribution in [1.82, 2.24) is 0 Å². The molecule has 104 valence electrons. The quantitative estimate of drug-likeness (QED) is 0.447. The van der Waals surface area contributed by atoms with Crippen LogP contribution in [0.4, 0.5) is 0 Å². The van der Waals surface area contributed by atoms with Gasteiger partial charge >= 0.3 is 15.9 Å². The van der Waals surface area contributed by atoms with E-state index in [0.717, 1.165) is 19.3 Å². The fraction of sp³-hybridized carbons (Fsp3) is 1.00. The molecule has 0 radical (unpaired) electrons. The summed E-state index contributed by atoms with van der Waals surface area (Å²) in [5.74, 6) is 0. The van der Waals surface area contributed by atoms with Gasteiger partial charge in [0.1, 0.15) is 0 Å². The van der Waals surface area contributed by atoms with Crippen LogP contribution >= 0.6 is 15.9 Å². The molecule has 0 fully saturated rings. The summed E-state index contributed by atoms with van der Waals surface area (Å²) in [6, 6.07) is 0. The highest BCUT2D eigenvalue weighted by Crippen LogP contribution is 2.50. The lowest BCUT2D eigenvalue weighted by molar-refractivity contribution is 0.348. The van der Waals surface area contributed by atoms with E-state index in [1.807, 2.05) is 0 Å². The van der Waals surface area contributed by atoms with Crippen molar-refractivity contribution in [2.24, 2.45) is 0 Å². The average Bonchev–Trinajstić information content (AvgIpc) is 2.20. The Kier molecular flexibility index (Phi) is 10.5. The Morgan fingerprint density at radius 1 is 1.06 bits per heavy atom. The molecule has 0 aromatic carbocycles. The van der Waals surface area contributed by atoms with E-state index in [2.05, 4.69) is 11.2 Å². The van der Waals surface area contributed by atoms with Gasteiger partial charge in [0.05, 0.1) is 6.16 Å². The van der Waals surface area contributed by atoms with Crippen LogP contribution in [-0.2, 0) is 13.4 Å². The van der Waals surface area contributed by atoms with E-state index in [0.29, 0.717) is 6.42 Å². The first-order valence-corrected chi connectivity index (χ1v) is 9.25. The van der Waals surface area contributed by atoms with Crippen molar-refractivity contribution >= 4 is 15.9 Å². The molecule has 0 aliphatic carbocycles. The third kappa shape index (κ3) is 12.6. The second-order valence-corrected chi connectivity index (χ2v) is 7.18. The summed E-state index contributed by atoms with van der Waals surface area (Å²) < 4.78 is 25.6. The highest BCUT2D eigenvalue weighted by molar-refractivity contribution is 7.59. The molecule has 2 unspecified atom stereocenters. The van der Waals surface area contributed by atoms with Gasteiger partial charge in [0, 0.05) is 0 Å². The maximum absolute atomic E-state index is 11.2. The van der Waals surface area contributed by atoms with Crippen LogP contribution < -0.4 is 0 Å². The number of rotatable bonds is 11. The van der Waals surface area contributed by atoms with Gasteiger partial charge < -0.3 is 9.79 Å². The summed E-state index contributed by atoms with van der Waals surface area (Å²) >= 11 is 0. The van der Waals surface area contributed by atoms with Crippen molar-refractivity contribution in [2.45, 2.75) is 58.3 Å². The molecule has 0 saturated carbocycles. The van der Waals surface area contributed by atoms with Gasteiger partial charge in [0.15, 0.2) is 0 Å². The minimum atomic E-state index is -3.83. The zero-order valence-corrected chi connectivity index (χ0v) is 12.3. The predicted octanol–water partition coefficient (Wildman–Crippen LogP) is 3.71. The SMILES string of the molecule is CCCCCCCCCCP(=O)(O)O[PH](=O)O. The Labute approximate surface area is 104 Å². The summed E-state index contributed by atoms with van der Waals surface area (Å²) in [6.07, 6.45) is 8.55. The van der Waals surface area contributed by atoms with Crippen LogP contribution in [0.25, 0.3) is 0 Å². The summed E-state index contributed by atoms with van der Waals surface area (Å²) in [4.78, 5) is 17.6. The van der Waals surface area contributed by atoms with E-state index in [9.17, 15) is 9.13 Å². The third-order valence-electron chi connectivity index (χ3n) is 2.51. The maximum atomic E-state index is 11.2. The van der Waals surface area contributed by atoms with E-state index in [-0.39, 0.29) is 6.16 Å². The zero-order valence-electron chi connectivity index (χ0n) is 10.4.